The molecule has 0 bridgehead atoms. The summed E-state index contributed by atoms with van der Waals surface area (Å²) in [6, 6.07) is 12.1. The molecule has 0 unspecified atom stereocenters. The van der Waals surface area contributed by atoms with Crippen LogP contribution in [0.2, 0.25) is 0 Å². The fraction of sp³-hybridized carbons (Fsp3) is 0.167. The lowest BCUT2D eigenvalue weighted by atomic mass is 10.2. The van der Waals surface area contributed by atoms with Gasteiger partial charge in [0.15, 0.2) is 5.11 Å². The van der Waals surface area contributed by atoms with E-state index in [0.29, 0.717) is 5.11 Å². The van der Waals surface area contributed by atoms with Crippen LogP contribution in [0, 0.1) is 13.8 Å². The van der Waals surface area contributed by atoms with E-state index in [1.807, 2.05) is 49.3 Å². The first-order chi connectivity index (χ1) is 11.5. The van der Waals surface area contributed by atoms with Crippen LogP contribution >= 0.6 is 23.6 Å². The fourth-order valence-corrected chi connectivity index (χ4v) is 3.54. The van der Waals surface area contributed by atoms with Gasteiger partial charge in [0.25, 0.3) is 0 Å². The quantitative estimate of drug-likeness (QED) is 0.693. The molecule has 0 aliphatic rings. The third-order valence-corrected chi connectivity index (χ3v) is 5.25. The minimum atomic E-state index is 0.642. The zero-order valence-corrected chi connectivity index (χ0v) is 15.4. The average molecular weight is 355 g/mol. The van der Waals surface area contributed by atoms with Crippen LogP contribution in [0.25, 0.3) is 10.6 Å². The van der Waals surface area contributed by atoms with Gasteiger partial charge in [-0.05, 0) is 50.3 Å². The van der Waals surface area contributed by atoms with Crippen LogP contribution in [0.1, 0.15) is 11.3 Å². The van der Waals surface area contributed by atoms with Crippen LogP contribution in [-0.2, 0) is 0 Å². The Labute approximate surface area is 151 Å². The van der Waals surface area contributed by atoms with E-state index in [1.54, 1.807) is 17.5 Å². The molecule has 24 heavy (non-hydrogen) atoms. The first kappa shape index (κ1) is 16.5. The third kappa shape index (κ3) is 3.60. The standard InChI is InChI=1S/C18H18N4S2/c1-12-6-8-15(9-7-12)21-18(23)22(3)17-13(2)20-16(24-17)14-5-4-10-19-11-14/h4-11H,1-3H3,(H,21,23). The van der Waals surface area contributed by atoms with Crippen LogP contribution in [0.4, 0.5) is 10.7 Å². The SMILES string of the molecule is Cc1ccc(NC(=S)N(C)c2sc(-c3cccnc3)nc2C)cc1. The number of anilines is 2. The summed E-state index contributed by atoms with van der Waals surface area (Å²) in [5, 5.41) is 5.88. The number of nitrogens with zero attached hydrogens (tertiary/aromatic N) is 3. The molecule has 0 atom stereocenters. The number of aromatic nitrogens is 2. The van der Waals surface area contributed by atoms with Crippen LogP contribution in [-0.4, -0.2) is 22.1 Å². The van der Waals surface area contributed by atoms with Gasteiger partial charge in [-0.15, -0.1) is 0 Å². The summed E-state index contributed by atoms with van der Waals surface area (Å²) in [7, 11) is 1.96. The first-order valence-corrected chi connectivity index (χ1v) is 8.76. The first-order valence-electron chi connectivity index (χ1n) is 7.54. The number of thiocarbonyl (C=S) groups is 1. The Hall–Kier alpha value is -2.31. The third-order valence-electron chi connectivity index (χ3n) is 3.59. The fourth-order valence-electron chi connectivity index (χ4n) is 2.25. The number of hydrogen-bond acceptors (Lipinski definition) is 4. The monoisotopic (exact) mass is 354 g/mol. The molecule has 0 radical (unpaired) electrons. The molecule has 0 aliphatic carbocycles. The van der Waals surface area contributed by atoms with E-state index in [9.17, 15) is 0 Å². The Balaban J connectivity index is 1.79. The van der Waals surface area contributed by atoms with Crippen molar-refractivity contribution in [2.24, 2.45) is 0 Å². The van der Waals surface area contributed by atoms with Crippen molar-refractivity contribution >= 4 is 39.4 Å². The van der Waals surface area contributed by atoms with Gasteiger partial charge in [0.05, 0.1) is 5.69 Å². The van der Waals surface area contributed by atoms with Crippen LogP contribution in [0.5, 0.6) is 0 Å². The Morgan fingerprint density at radius 2 is 1.92 bits per heavy atom. The van der Waals surface area contributed by atoms with Crippen molar-refractivity contribution in [3.8, 4) is 10.6 Å². The molecule has 2 heterocycles. The normalized spacial score (nSPS) is 10.5. The van der Waals surface area contributed by atoms with Gasteiger partial charge in [0.2, 0.25) is 0 Å². The molecule has 0 amide bonds. The molecule has 2 aromatic heterocycles. The second kappa shape index (κ2) is 7.07. The minimum absolute atomic E-state index is 0.642. The number of nitrogens with one attached hydrogen (secondary N) is 1. The van der Waals surface area contributed by atoms with Gasteiger partial charge in [0.1, 0.15) is 10.0 Å². The van der Waals surface area contributed by atoms with Gasteiger partial charge >= 0.3 is 0 Å². The van der Waals surface area contributed by atoms with Gasteiger partial charge in [-0.1, -0.05) is 29.0 Å². The summed E-state index contributed by atoms with van der Waals surface area (Å²) < 4.78 is 0. The van der Waals surface area contributed by atoms with E-state index >= 15 is 0 Å². The van der Waals surface area contributed by atoms with Crippen LogP contribution in [0.3, 0.4) is 0 Å². The lowest BCUT2D eigenvalue weighted by Crippen LogP contribution is -2.30. The zero-order valence-electron chi connectivity index (χ0n) is 13.8. The summed E-state index contributed by atoms with van der Waals surface area (Å²) in [5.41, 5.74) is 4.17. The molecule has 1 N–H and O–H groups in total. The molecule has 1 aromatic carbocycles. The number of hydrogen-bond donors (Lipinski definition) is 1. The molecular weight excluding hydrogens is 336 g/mol. The highest BCUT2D eigenvalue weighted by Crippen LogP contribution is 2.33. The molecule has 0 fully saturated rings. The van der Waals surface area contributed by atoms with Gasteiger partial charge in [-0.3, -0.25) is 4.98 Å². The highest BCUT2D eigenvalue weighted by molar-refractivity contribution is 7.80. The van der Waals surface area contributed by atoms with Crippen molar-refractivity contribution in [3.63, 3.8) is 0 Å². The van der Waals surface area contributed by atoms with E-state index in [0.717, 1.165) is 27.0 Å². The van der Waals surface area contributed by atoms with Crippen molar-refractivity contribution in [1.29, 1.82) is 0 Å². The topological polar surface area (TPSA) is 41.0 Å². The summed E-state index contributed by atoms with van der Waals surface area (Å²) in [6.07, 6.45) is 3.59. The zero-order chi connectivity index (χ0) is 17.1. The van der Waals surface area contributed by atoms with E-state index in [2.05, 4.69) is 34.3 Å². The Bertz CT molecular complexity index is 841. The Kier molecular flexibility index (Phi) is 4.87. The van der Waals surface area contributed by atoms with Gasteiger partial charge in [-0.2, -0.15) is 0 Å². The Morgan fingerprint density at radius 3 is 2.58 bits per heavy atom. The summed E-state index contributed by atoms with van der Waals surface area (Å²) in [6.45, 7) is 4.06. The molecule has 0 saturated carbocycles. The molecule has 4 nitrogen and oxygen atoms in total. The van der Waals surface area contributed by atoms with Crippen molar-refractivity contribution in [2.75, 3.05) is 17.3 Å². The highest BCUT2D eigenvalue weighted by atomic mass is 32.1. The lowest BCUT2D eigenvalue weighted by Gasteiger charge is -2.20. The van der Waals surface area contributed by atoms with Gasteiger partial charge < -0.3 is 10.2 Å². The summed E-state index contributed by atoms with van der Waals surface area (Å²) in [5.74, 6) is 0. The summed E-state index contributed by atoms with van der Waals surface area (Å²) >= 11 is 7.15. The molecule has 0 saturated heterocycles. The van der Waals surface area contributed by atoms with Crippen molar-refractivity contribution in [2.45, 2.75) is 13.8 Å². The number of benzene rings is 1. The second-order valence-electron chi connectivity index (χ2n) is 5.51. The highest BCUT2D eigenvalue weighted by Gasteiger charge is 2.16. The van der Waals surface area contributed by atoms with Crippen molar-refractivity contribution in [1.82, 2.24) is 9.97 Å². The average Bonchev–Trinajstić information content (AvgIpc) is 2.99. The van der Waals surface area contributed by atoms with E-state index in [4.69, 9.17) is 12.2 Å². The number of aryl methyl sites for hydroxylation is 2. The number of thiazole rings is 1. The lowest BCUT2D eigenvalue weighted by molar-refractivity contribution is 1.20. The molecule has 122 valence electrons. The van der Waals surface area contributed by atoms with Crippen molar-refractivity contribution in [3.05, 3.63) is 60.0 Å². The molecule has 0 aliphatic heterocycles. The van der Waals surface area contributed by atoms with Crippen LogP contribution < -0.4 is 10.2 Å². The summed E-state index contributed by atoms with van der Waals surface area (Å²) in [4.78, 5) is 10.8. The predicted octanol–water partition coefficient (Wildman–Crippen LogP) is 4.66. The van der Waals surface area contributed by atoms with E-state index < -0.39 is 0 Å². The maximum atomic E-state index is 5.54. The van der Waals surface area contributed by atoms with Gasteiger partial charge in [-0.25, -0.2) is 4.98 Å². The smallest absolute Gasteiger partial charge is 0.178 e. The maximum absolute atomic E-state index is 5.54. The van der Waals surface area contributed by atoms with E-state index in [1.165, 1.54) is 5.56 Å². The Morgan fingerprint density at radius 1 is 1.17 bits per heavy atom. The van der Waals surface area contributed by atoms with Crippen LogP contribution in [0.15, 0.2) is 48.8 Å². The molecule has 0 spiro atoms. The molecule has 6 heteroatoms. The van der Waals surface area contributed by atoms with Gasteiger partial charge in [0, 0.05) is 30.7 Å². The minimum Gasteiger partial charge on any atom is -0.332 e. The van der Waals surface area contributed by atoms with E-state index in [-0.39, 0.29) is 0 Å². The van der Waals surface area contributed by atoms with Crippen molar-refractivity contribution < 1.29 is 0 Å². The molecule has 3 aromatic rings. The number of rotatable bonds is 3. The largest absolute Gasteiger partial charge is 0.332 e. The second-order valence-corrected chi connectivity index (χ2v) is 6.87. The molecule has 3 rings (SSSR count). The number of pyridine rings is 1. The maximum Gasteiger partial charge on any atom is 0.178 e. The molecular formula is C18H18N4S2. The predicted molar refractivity (Wildman–Crippen MR) is 106 cm³/mol.